The van der Waals surface area contributed by atoms with Gasteiger partial charge >= 0.3 is 0 Å². The average molecular weight is 274 g/mol. The number of halogens is 1. The molecule has 0 saturated carbocycles. The number of para-hydroxylation sites is 1. The lowest BCUT2D eigenvalue weighted by Gasteiger charge is -2.24. The van der Waals surface area contributed by atoms with Crippen molar-refractivity contribution < 1.29 is 0 Å². The molecule has 0 radical (unpaired) electrons. The van der Waals surface area contributed by atoms with Crippen LogP contribution in [0, 0.1) is 6.92 Å². The maximum Gasteiger partial charge on any atom is 0.149 e. The van der Waals surface area contributed by atoms with Crippen molar-refractivity contribution in [3.05, 3.63) is 52.6 Å². The first-order valence-electron chi connectivity index (χ1n) is 6.48. The highest BCUT2D eigenvalue weighted by Gasteiger charge is 2.26. The van der Waals surface area contributed by atoms with Crippen molar-refractivity contribution in [2.24, 2.45) is 0 Å². The van der Waals surface area contributed by atoms with Crippen molar-refractivity contribution in [1.82, 2.24) is 9.97 Å². The van der Waals surface area contributed by atoms with Crippen LogP contribution < -0.4 is 4.90 Å². The van der Waals surface area contributed by atoms with Crippen molar-refractivity contribution in [3.8, 4) is 0 Å². The summed E-state index contributed by atoms with van der Waals surface area (Å²) in [5.74, 6) is 0.786. The van der Waals surface area contributed by atoms with Crippen molar-refractivity contribution in [2.75, 3.05) is 4.90 Å². The van der Waals surface area contributed by atoms with Gasteiger partial charge < -0.3 is 4.90 Å². The number of aryl methyl sites for hydroxylation is 1. The number of anilines is 1. The standard InChI is InChI=1S/C15H16ClN3/c1-10-7-14(16)18-15(17-10)9-19-11(2)8-12-5-3-4-6-13(12)19/h3-7,11H,8-9H2,1-2H3. The Morgan fingerprint density at radius 3 is 2.89 bits per heavy atom. The van der Waals surface area contributed by atoms with Crippen molar-refractivity contribution in [3.63, 3.8) is 0 Å². The van der Waals surface area contributed by atoms with E-state index >= 15 is 0 Å². The molecule has 2 aromatic rings. The highest BCUT2D eigenvalue weighted by molar-refractivity contribution is 6.29. The molecule has 0 saturated heterocycles. The maximum atomic E-state index is 6.00. The van der Waals surface area contributed by atoms with Gasteiger partial charge in [0.15, 0.2) is 0 Å². The Labute approximate surface area is 118 Å². The molecule has 4 heteroatoms. The van der Waals surface area contributed by atoms with E-state index in [-0.39, 0.29) is 0 Å². The fraction of sp³-hybridized carbons (Fsp3) is 0.333. The second kappa shape index (κ2) is 4.82. The maximum absolute atomic E-state index is 6.00. The molecule has 19 heavy (non-hydrogen) atoms. The molecule has 3 nitrogen and oxygen atoms in total. The Hall–Kier alpha value is -1.61. The molecular formula is C15H16ClN3. The molecule has 0 fully saturated rings. The summed E-state index contributed by atoms with van der Waals surface area (Å²) in [7, 11) is 0. The molecule has 98 valence electrons. The predicted molar refractivity (Wildman–Crippen MR) is 77.6 cm³/mol. The number of hydrogen-bond donors (Lipinski definition) is 0. The number of aromatic nitrogens is 2. The third kappa shape index (κ3) is 2.43. The lowest BCUT2D eigenvalue weighted by atomic mass is 10.1. The van der Waals surface area contributed by atoms with Crippen LogP contribution in [0.2, 0.25) is 5.15 Å². The summed E-state index contributed by atoms with van der Waals surface area (Å²) in [6.07, 6.45) is 1.08. The molecule has 3 rings (SSSR count). The van der Waals surface area contributed by atoms with Gasteiger partial charge in [-0.2, -0.15) is 0 Å². The summed E-state index contributed by atoms with van der Waals surface area (Å²) in [5.41, 5.74) is 3.60. The van der Waals surface area contributed by atoms with E-state index in [0.29, 0.717) is 17.7 Å². The minimum absolute atomic E-state index is 0.472. The minimum Gasteiger partial charge on any atom is -0.361 e. The van der Waals surface area contributed by atoms with Gasteiger partial charge in [0.05, 0.1) is 6.54 Å². The van der Waals surface area contributed by atoms with E-state index in [4.69, 9.17) is 11.6 Å². The van der Waals surface area contributed by atoms with Gasteiger partial charge in [-0.05, 0) is 38.0 Å². The third-order valence-corrected chi connectivity index (χ3v) is 3.72. The minimum atomic E-state index is 0.472. The van der Waals surface area contributed by atoms with Crippen LogP contribution in [-0.2, 0) is 13.0 Å². The Bertz CT molecular complexity index is 592. The Kier molecular flexibility index (Phi) is 3.15. The van der Waals surface area contributed by atoms with Crippen LogP contribution in [0.25, 0.3) is 0 Å². The van der Waals surface area contributed by atoms with Crippen molar-refractivity contribution in [1.29, 1.82) is 0 Å². The van der Waals surface area contributed by atoms with Gasteiger partial charge in [-0.25, -0.2) is 9.97 Å². The Morgan fingerprint density at radius 2 is 2.11 bits per heavy atom. The molecule has 0 amide bonds. The number of benzene rings is 1. The molecule has 1 unspecified atom stereocenters. The van der Waals surface area contributed by atoms with Crippen molar-refractivity contribution in [2.45, 2.75) is 32.9 Å². The van der Waals surface area contributed by atoms with Gasteiger partial charge in [0, 0.05) is 17.4 Å². The molecule has 0 N–H and O–H groups in total. The largest absolute Gasteiger partial charge is 0.361 e. The summed E-state index contributed by atoms with van der Waals surface area (Å²) in [6, 6.07) is 10.8. The van der Waals surface area contributed by atoms with Crippen LogP contribution >= 0.6 is 11.6 Å². The van der Waals surface area contributed by atoms with E-state index in [9.17, 15) is 0 Å². The number of hydrogen-bond acceptors (Lipinski definition) is 3. The van der Waals surface area contributed by atoms with Gasteiger partial charge in [0.1, 0.15) is 11.0 Å². The van der Waals surface area contributed by atoms with Gasteiger partial charge in [-0.3, -0.25) is 0 Å². The zero-order valence-electron chi connectivity index (χ0n) is 11.1. The molecule has 1 aromatic heterocycles. The van der Waals surface area contributed by atoms with Crippen LogP contribution in [0.4, 0.5) is 5.69 Å². The lowest BCUT2D eigenvalue weighted by Crippen LogP contribution is -2.29. The fourth-order valence-corrected chi connectivity index (χ4v) is 2.94. The molecule has 2 heterocycles. The molecule has 1 atom stereocenters. The summed E-state index contributed by atoms with van der Waals surface area (Å²) in [4.78, 5) is 11.1. The predicted octanol–water partition coefficient (Wildman–Crippen LogP) is 3.39. The van der Waals surface area contributed by atoms with E-state index in [1.54, 1.807) is 6.07 Å². The van der Waals surface area contributed by atoms with Crippen LogP contribution in [0.5, 0.6) is 0 Å². The first-order chi connectivity index (χ1) is 9.13. The second-order valence-electron chi connectivity index (χ2n) is 5.06. The highest BCUT2D eigenvalue weighted by atomic mass is 35.5. The van der Waals surface area contributed by atoms with Gasteiger partial charge in [-0.15, -0.1) is 0 Å². The summed E-state index contributed by atoms with van der Waals surface area (Å²) < 4.78 is 0. The third-order valence-electron chi connectivity index (χ3n) is 3.53. The second-order valence-corrected chi connectivity index (χ2v) is 5.45. The van der Waals surface area contributed by atoms with E-state index in [1.165, 1.54) is 11.3 Å². The van der Waals surface area contributed by atoms with E-state index in [0.717, 1.165) is 17.9 Å². The molecule has 0 spiro atoms. The summed E-state index contributed by atoms with van der Waals surface area (Å²) >= 11 is 6.00. The zero-order valence-corrected chi connectivity index (χ0v) is 11.9. The first kappa shape index (κ1) is 12.4. The molecule has 1 aliphatic rings. The summed E-state index contributed by atoms with van der Waals surface area (Å²) in [6.45, 7) is 4.88. The van der Waals surface area contributed by atoms with E-state index < -0.39 is 0 Å². The highest BCUT2D eigenvalue weighted by Crippen LogP contribution is 2.32. The van der Waals surface area contributed by atoms with Gasteiger partial charge in [0.2, 0.25) is 0 Å². The monoisotopic (exact) mass is 273 g/mol. The normalized spacial score (nSPS) is 17.6. The molecule has 0 aliphatic carbocycles. The first-order valence-corrected chi connectivity index (χ1v) is 6.86. The quantitative estimate of drug-likeness (QED) is 0.786. The molecule has 1 aromatic carbocycles. The van der Waals surface area contributed by atoms with E-state index in [2.05, 4.69) is 46.1 Å². The number of fused-ring (bicyclic) bond motifs is 1. The van der Waals surface area contributed by atoms with Gasteiger partial charge in [-0.1, -0.05) is 29.8 Å². The topological polar surface area (TPSA) is 29.0 Å². The number of rotatable bonds is 2. The SMILES string of the molecule is Cc1cc(Cl)nc(CN2c3ccccc3CC2C)n1. The molecule has 1 aliphatic heterocycles. The Balaban J connectivity index is 1.91. The van der Waals surface area contributed by atoms with Crippen LogP contribution in [0.1, 0.15) is 24.0 Å². The van der Waals surface area contributed by atoms with Crippen LogP contribution in [-0.4, -0.2) is 16.0 Å². The smallest absolute Gasteiger partial charge is 0.149 e. The fourth-order valence-electron chi connectivity index (χ4n) is 2.68. The van der Waals surface area contributed by atoms with E-state index in [1.807, 2.05) is 6.92 Å². The molecule has 0 bridgehead atoms. The average Bonchev–Trinajstić information content (AvgIpc) is 2.65. The Morgan fingerprint density at radius 1 is 1.32 bits per heavy atom. The van der Waals surface area contributed by atoms with Crippen LogP contribution in [0.15, 0.2) is 30.3 Å². The van der Waals surface area contributed by atoms with Crippen molar-refractivity contribution >= 4 is 17.3 Å². The zero-order chi connectivity index (χ0) is 13.4. The lowest BCUT2D eigenvalue weighted by molar-refractivity contribution is 0.653. The number of nitrogens with zero attached hydrogens (tertiary/aromatic N) is 3. The molecular weight excluding hydrogens is 258 g/mol. The van der Waals surface area contributed by atoms with Crippen LogP contribution in [0.3, 0.4) is 0 Å². The summed E-state index contributed by atoms with van der Waals surface area (Å²) in [5, 5.41) is 0.516. The van der Waals surface area contributed by atoms with Gasteiger partial charge in [0.25, 0.3) is 0 Å².